The van der Waals surface area contributed by atoms with Gasteiger partial charge >= 0.3 is 31.3 Å². The molecule has 1 unspecified atom stereocenters. The normalized spacial score (nSPS) is 20.6. The zero-order valence-electron chi connectivity index (χ0n) is 8.10. The number of nitrogens with zero attached hydrogens (tertiary/aromatic N) is 1. The smallest absolute Gasteiger partial charge is 1.00 e. The molecule has 11 heavy (non-hydrogen) atoms. The third-order valence-electron chi connectivity index (χ3n) is 1.16. The number of hydrogen-bond acceptors (Lipinski definition) is 4. The molecule has 7 heteroatoms. The molecule has 62 valence electrons. The van der Waals surface area contributed by atoms with Crippen molar-refractivity contribution in [3.8, 4) is 0 Å². The van der Waals surface area contributed by atoms with E-state index < -0.39 is 8.25 Å². The van der Waals surface area contributed by atoms with Crippen molar-refractivity contribution in [2.75, 3.05) is 26.3 Å². The molecule has 0 saturated carbocycles. The second-order valence-corrected chi connectivity index (χ2v) is 2.50. The summed E-state index contributed by atoms with van der Waals surface area (Å²) in [4.78, 5) is 8.31. The summed E-state index contributed by atoms with van der Waals surface area (Å²) in [6.07, 6.45) is 0. The van der Waals surface area contributed by atoms with E-state index in [2.05, 4.69) is 4.62 Å². The Hall–Kier alpha value is 0.706. The molecule has 1 N–H and O–H groups in total. The van der Waals surface area contributed by atoms with Crippen LogP contribution in [0.15, 0.2) is 0 Å². The molecule has 0 aromatic rings. The van der Waals surface area contributed by atoms with E-state index in [1.807, 2.05) is 0 Å². The maximum absolute atomic E-state index is 10.1. The molecule has 0 radical (unpaired) electrons. The zero-order chi connectivity index (χ0) is 7.40. The van der Waals surface area contributed by atoms with E-state index in [0.717, 1.165) is 0 Å². The van der Waals surface area contributed by atoms with Crippen molar-refractivity contribution in [1.29, 1.82) is 0 Å². The molecule has 0 aliphatic carbocycles. The van der Waals surface area contributed by atoms with Crippen LogP contribution in [0.2, 0.25) is 0 Å². The minimum atomic E-state index is -2.50. The van der Waals surface area contributed by atoms with E-state index in [1.54, 1.807) is 0 Å². The topological polar surface area (TPSA) is 59.0 Å². The van der Waals surface area contributed by atoms with Crippen molar-refractivity contribution in [3.63, 3.8) is 0 Å². The van der Waals surface area contributed by atoms with Gasteiger partial charge in [-0.1, -0.05) is 0 Å². The first-order valence-corrected chi connectivity index (χ1v) is 4.09. The summed E-state index contributed by atoms with van der Waals surface area (Å²) in [5.41, 5.74) is 0. The molecular formula is C4H11MgNO4P+. The van der Waals surface area contributed by atoms with Gasteiger partial charge in [0, 0.05) is 4.57 Å². The average molecular weight is 192 g/mol. The summed E-state index contributed by atoms with van der Waals surface area (Å²) >= 11 is 0. The molecule has 0 spiro atoms. The van der Waals surface area contributed by atoms with Crippen LogP contribution >= 0.6 is 8.25 Å². The monoisotopic (exact) mass is 192 g/mol. The van der Waals surface area contributed by atoms with Crippen LogP contribution in [0.3, 0.4) is 0 Å². The van der Waals surface area contributed by atoms with Crippen molar-refractivity contribution in [2.24, 2.45) is 0 Å². The van der Waals surface area contributed by atoms with E-state index in [0.29, 0.717) is 26.3 Å². The van der Waals surface area contributed by atoms with Crippen LogP contribution in [0, 0.1) is 0 Å². The Kier molecular flexibility index (Phi) is 6.65. The Balaban J connectivity index is -0.000000333. The van der Waals surface area contributed by atoms with Crippen molar-refractivity contribution < 1.29 is 21.7 Å². The van der Waals surface area contributed by atoms with Crippen LogP contribution in [0.5, 0.6) is 0 Å². The van der Waals surface area contributed by atoms with Crippen molar-refractivity contribution in [1.82, 2.24) is 5.06 Å². The van der Waals surface area contributed by atoms with Crippen LogP contribution in [0.1, 0.15) is 2.85 Å². The zero-order valence-corrected chi connectivity index (χ0v) is 8.41. The van der Waals surface area contributed by atoms with Gasteiger partial charge in [-0.2, -0.15) is 0 Å². The summed E-state index contributed by atoms with van der Waals surface area (Å²) in [5, 5.41) is 1.43. The molecule has 0 aromatic heterocycles. The summed E-state index contributed by atoms with van der Waals surface area (Å²) in [6.45, 7) is 2.23. The Bertz CT molecular complexity index is 137. The van der Waals surface area contributed by atoms with E-state index in [4.69, 9.17) is 9.63 Å². The fourth-order valence-corrected chi connectivity index (χ4v) is 1.09. The van der Waals surface area contributed by atoms with Crippen molar-refractivity contribution in [3.05, 3.63) is 0 Å². The average Bonchev–Trinajstić information content (AvgIpc) is 1.88. The minimum absolute atomic E-state index is 0. The molecule has 1 heterocycles. The number of morpholine rings is 1. The van der Waals surface area contributed by atoms with Gasteiger partial charge in [0.05, 0.1) is 26.3 Å². The third kappa shape index (κ3) is 5.03. The quantitative estimate of drug-likeness (QED) is 0.483. The van der Waals surface area contributed by atoms with Crippen LogP contribution < -0.4 is 0 Å². The summed E-state index contributed by atoms with van der Waals surface area (Å²) in [6, 6.07) is 0. The molecule has 1 fully saturated rings. The molecule has 1 aliphatic rings. The Labute approximate surface area is 84.7 Å². The SMILES string of the molecule is O=[P+](O)ON1CCOCC1.[H-].[H-].[Mg+2]. The molecule has 1 saturated heterocycles. The number of ether oxygens (including phenoxy) is 1. The van der Waals surface area contributed by atoms with Gasteiger partial charge in [0.15, 0.2) is 0 Å². The summed E-state index contributed by atoms with van der Waals surface area (Å²) in [5.74, 6) is 0. The maximum atomic E-state index is 10.1. The van der Waals surface area contributed by atoms with E-state index in [1.165, 1.54) is 5.06 Å². The van der Waals surface area contributed by atoms with Crippen LogP contribution in [-0.4, -0.2) is 59.3 Å². The molecule has 0 aromatic carbocycles. The second kappa shape index (κ2) is 6.25. The van der Waals surface area contributed by atoms with E-state index >= 15 is 0 Å². The molecule has 0 amide bonds. The van der Waals surface area contributed by atoms with Gasteiger partial charge in [0.2, 0.25) is 0 Å². The predicted molar refractivity (Wildman–Crippen MR) is 41.3 cm³/mol. The van der Waals surface area contributed by atoms with Gasteiger partial charge in [-0.25, -0.2) is 0 Å². The van der Waals surface area contributed by atoms with E-state index in [-0.39, 0.29) is 25.9 Å². The summed E-state index contributed by atoms with van der Waals surface area (Å²) in [7, 11) is -2.50. The van der Waals surface area contributed by atoms with E-state index in [9.17, 15) is 4.57 Å². The van der Waals surface area contributed by atoms with Gasteiger partial charge in [0.25, 0.3) is 0 Å². The molecular weight excluding hydrogens is 181 g/mol. The van der Waals surface area contributed by atoms with Gasteiger partial charge in [0.1, 0.15) is 0 Å². The fourth-order valence-electron chi connectivity index (χ4n) is 0.727. The summed E-state index contributed by atoms with van der Waals surface area (Å²) < 4.78 is 19.6. The molecule has 5 nitrogen and oxygen atoms in total. The van der Waals surface area contributed by atoms with Crippen LogP contribution in [-0.2, 0) is 13.9 Å². The standard InChI is InChI=1S/C4H8NO4P.Mg.2H/c6-10(7)9-5-1-3-8-4-2-5;;;/h1-4H2;;;/q;+2;2*-1/p+1. The van der Waals surface area contributed by atoms with Crippen molar-refractivity contribution in [2.45, 2.75) is 0 Å². The number of rotatable bonds is 2. The van der Waals surface area contributed by atoms with Crippen LogP contribution in [0.4, 0.5) is 0 Å². The molecule has 0 bridgehead atoms. The number of hydroxylamine groups is 2. The molecule has 1 rings (SSSR count). The predicted octanol–water partition coefficient (Wildman–Crippen LogP) is -0.256. The van der Waals surface area contributed by atoms with Crippen LogP contribution in [0.25, 0.3) is 0 Å². The second-order valence-electron chi connectivity index (χ2n) is 1.86. The number of hydrogen-bond donors (Lipinski definition) is 1. The van der Waals surface area contributed by atoms with Crippen molar-refractivity contribution >= 4 is 31.3 Å². The molecule has 1 aliphatic heterocycles. The van der Waals surface area contributed by atoms with Gasteiger partial charge in [-0.15, -0.1) is 9.96 Å². The molecule has 1 atom stereocenters. The fraction of sp³-hybridized carbons (Fsp3) is 1.00. The first-order chi connectivity index (χ1) is 4.79. The third-order valence-corrected chi connectivity index (χ3v) is 1.53. The Morgan fingerprint density at radius 3 is 2.55 bits per heavy atom. The van der Waals surface area contributed by atoms with Gasteiger partial charge < -0.3 is 7.59 Å². The first-order valence-electron chi connectivity index (χ1n) is 2.96. The maximum Gasteiger partial charge on any atom is 2.00 e. The largest absolute Gasteiger partial charge is 2.00 e. The minimum Gasteiger partial charge on any atom is -1.00 e. The van der Waals surface area contributed by atoms with Gasteiger partial charge in [-0.3, -0.25) is 0 Å². The first kappa shape index (κ1) is 11.7. The van der Waals surface area contributed by atoms with Gasteiger partial charge in [-0.05, 0) is 4.62 Å². The Morgan fingerprint density at radius 1 is 1.55 bits per heavy atom. The Morgan fingerprint density at radius 2 is 2.09 bits per heavy atom.